The number of nitrogens with two attached hydrogens (primary N) is 1. The highest BCUT2D eigenvalue weighted by Gasteiger charge is 2.24. The lowest BCUT2D eigenvalue weighted by atomic mass is 9.83. The maximum absolute atomic E-state index is 12.4. The lowest BCUT2D eigenvalue weighted by Crippen LogP contribution is -2.35. The largest absolute Gasteiger partial charge is 0.455 e. The molecule has 2 unspecified atom stereocenters. The molecule has 2 aromatic rings. The van der Waals surface area contributed by atoms with E-state index in [2.05, 4.69) is 5.32 Å². The minimum Gasteiger partial charge on any atom is -0.455 e. The van der Waals surface area contributed by atoms with Gasteiger partial charge in [0.05, 0.1) is 5.69 Å². The Kier molecular flexibility index (Phi) is 7.29. The Bertz CT molecular complexity index is 678. The number of hydrogen-bond donors (Lipinski definition) is 2. The molecule has 0 radical (unpaired) electrons. The molecule has 3 N–H and O–H groups in total. The Morgan fingerprint density at radius 1 is 1.04 bits per heavy atom. The second-order valence-electron chi connectivity index (χ2n) is 6.37. The summed E-state index contributed by atoms with van der Waals surface area (Å²) in [5, 5.41) is 2.98. The smallest absolute Gasteiger partial charge is 0.224 e. The molecule has 1 aliphatic carbocycles. The molecule has 134 valence electrons. The molecule has 2 aromatic carbocycles. The zero-order valence-corrected chi connectivity index (χ0v) is 15.0. The molecule has 0 aliphatic heterocycles. The van der Waals surface area contributed by atoms with Crippen LogP contribution in [0.2, 0.25) is 0 Å². The van der Waals surface area contributed by atoms with Gasteiger partial charge in [-0.25, -0.2) is 0 Å². The van der Waals surface area contributed by atoms with Crippen LogP contribution in [-0.2, 0) is 4.79 Å². The number of carbonyl (C=O) groups is 1. The third-order valence-corrected chi connectivity index (χ3v) is 4.55. The third kappa shape index (κ3) is 5.48. The van der Waals surface area contributed by atoms with Gasteiger partial charge in [0.1, 0.15) is 5.75 Å². The SMILES string of the molecule is Cl.NC1CCCCC1CC(=O)Nc1ccccc1Oc1ccccc1. The summed E-state index contributed by atoms with van der Waals surface area (Å²) in [7, 11) is 0. The van der Waals surface area contributed by atoms with E-state index < -0.39 is 0 Å². The van der Waals surface area contributed by atoms with Crippen molar-refractivity contribution in [2.24, 2.45) is 11.7 Å². The molecule has 3 rings (SSSR count). The first-order chi connectivity index (χ1) is 11.7. The normalized spacial score (nSPS) is 19.6. The molecule has 0 spiro atoms. The molecule has 5 heteroatoms. The van der Waals surface area contributed by atoms with Crippen molar-refractivity contribution >= 4 is 24.0 Å². The highest BCUT2D eigenvalue weighted by molar-refractivity contribution is 5.92. The second-order valence-corrected chi connectivity index (χ2v) is 6.37. The van der Waals surface area contributed by atoms with Gasteiger partial charge in [-0.3, -0.25) is 4.79 Å². The number of hydrogen-bond acceptors (Lipinski definition) is 3. The number of para-hydroxylation sites is 3. The minimum atomic E-state index is 0. The van der Waals surface area contributed by atoms with Crippen LogP contribution in [0.3, 0.4) is 0 Å². The summed E-state index contributed by atoms with van der Waals surface area (Å²) in [5.74, 6) is 1.67. The van der Waals surface area contributed by atoms with E-state index >= 15 is 0 Å². The van der Waals surface area contributed by atoms with E-state index in [9.17, 15) is 4.79 Å². The molecular weight excluding hydrogens is 336 g/mol. The van der Waals surface area contributed by atoms with Crippen LogP contribution in [0.5, 0.6) is 11.5 Å². The molecule has 25 heavy (non-hydrogen) atoms. The number of amides is 1. The summed E-state index contributed by atoms with van der Waals surface area (Å²) < 4.78 is 5.88. The number of benzene rings is 2. The van der Waals surface area contributed by atoms with Gasteiger partial charge < -0.3 is 15.8 Å². The van der Waals surface area contributed by atoms with E-state index in [4.69, 9.17) is 10.5 Å². The van der Waals surface area contributed by atoms with E-state index in [0.717, 1.165) is 18.6 Å². The van der Waals surface area contributed by atoms with Crippen LogP contribution in [0.1, 0.15) is 32.1 Å². The van der Waals surface area contributed by atoms with Crippen molar-refractivity contribution in [1.82, 2.24) is 0 Å². The summed E-state index contributed by atoms with van der Waals surface area (Å²) in [6.45, 7) is 0. The lowest BCUT2D eigenvalue weighted by molar-refractivity contribution is -0.117. The Morgan fingerprint density at radius 3 is 2.48 bits per heavy atom. The maximum atomic E-state index is 12.4. The van der Waals surface area contributed by atoms with E-state index in [0.29, 0.717) is 17.9 Å². The van der Waals surface area contributed by atoms with Gasteiger partial charge in [-0.05, 0) is 43.0 Å². The maximum Gasteiger partial charge on any atom is 0.224 e. The van der Waals surface area contributed by atoms with Gasteiger partial charge in [0, 0.05) is 12.5 Å². The second kappa shape index (κ2) is 9.44. The van der Waals surface area contributed by atoms with Crippen molar-refractivity contribution in [3.63, 3.8) is 0 Å². The highest BCUT2D eigenvalue weighted by Crippen LogP contribution is 2.30. The standard InChI is InChI=1S/C20H24N2O2.ClH/c21-17-11-5-4-8-15(17)14-20(23)22-18-12-6-7-13-19(18)24-16-9-2-1-3-10-16;/h1-3,6-7,9-10,12-13,15,17H,4-5,8,11,14,21H2,(H,22,23);1H. The molecular formula is C20H25ClN2O2. The Balaban J connectivity index is 0.00000225. The van der Waals surface area contributed by atoms with Gasteiger partial charge >= 0.3 is 0 Å². The van der Waals surface area contributed by atoms with Gasteiger partial charge in [-0.15, -0.1) is 12.4 Å². The molecule has 2 atom stereocenters. The molecule has 0 aromatic heterocycles. The number of ether oxygens (including phenoxy) is 1. The average Bonchev–Trinajstić information content (AvgIpc) is 2.60. The number of rotatable bonds is 5. The first kappa shape index (κ1) is 19.3. The van der Waals surface area contributed by atoms with Gasteiger partial charge in [-0.2, -0.15) is 0 Å². The molecule has 1 amide bonds. The van der Waals surface area contributed by atoms with Crippen LogP contribution in [0.15, 0.2) is 54.6 Å². The summed E-state index contributed by atoms with van der Waals surface area (Å²) in [6, 6.07) is 17.2. The van der Waals surface area contributed by atoms with Crippen LogP contribution in [-0.4, -0.2) is 11.9 Å². The molecule has 1 aliphatic rings. The number of carbonyl (C=O) groups excluding carboxylic acids is 1. The fourth-order valence-corrected chi connectivity index (χ4v) is 3.20. The predicted molar refractivity (Wildman–Crippen MR) is 103 cm³/mol. The Hall–Kier alpha value is -2.04. The van der Waals surface area contributed by atoms with E-state index in [1.54, 1.807) is 0 Å². The highest BCUT2D eigenvalue weighted by atomic mass is 35.5. The number of anilines is 1. The summed E-state index contributed by atoms with van der Waals surface area (Å²) in [5.41, 5.74) is 6.84. The van der Waals surface area contributed by atoms with Crippen LogP contribution in [0.4, 0.5) is 5.69 Å². The monoisotopic (exact) mass is 360 g/mol. The molecule has 1 fully saturated rings. The van der Waals surface area contributed by atoms with Crippen molar-refractivity contribution in [2.45, 2.75) is 38.1 Å². The topological polar surface area (TPSA) is 64.4 Å². The quantitative estimate of drug-likeness (QED) is 0.808. The van der Waals surface area contributed by atoms with Crippen molar-refractivity contribution in [2.75, 3.05) is 5.32 Å². The van der Waals surface area contributed by atoms with Crippen LogP contribution in [0, 0.1) is 5.92 Å². The first-order valence-electron chi connectivity index (χ1n) is 8.60. The van der Waals surface area contributed by atoms with Gasteiger partial charge in [0.15, 0.2) is 5.75 Å². The number of nitrogens with one attached hydrogen (secondary N) is 1. The van der Waals surface area contributed by atoms with Crippen LogP contribution < -0.4 is 15.8 Å². The van der Waals surface area contributed by atoms with Crippen molar-refractivity contribution in [3.05, 3.63) is 54.6 Å². The van der Waals surface area contributed by atoms with Crippen molar-refractivity contribution in [1.29, 1.82) is 0 Å². The Morgan fingerprint density at radius 2 is 1.72 bits per heavy atom. The van der Waals surface area contributed by atoms with Gasteiger partial charge in [0.25, 0.3) is 0 Å². The molecule has 4 nitrogen and oxygen atoms in total. The molecule has 1 saturated carbocycles. The molecule has 0 bridgehead atoms. The Labute approximate surface area is 155 Å². The average molecular weight is 361 g/mol. The summed E-state index contributed by atoms with van der Waals surface area (Å²) >= 11 is 0. The first-order valence-corrected chi connectivity index (χ1v) is 8.60. The lowest BCUT2D eigenvalue weighted by Gasteiger charge is -2.28. The fourth-order valence-electron chi connectivity index (χ4n) is 3.20. The van der Waals surface area contributed by atoms with Crippen molar-refractivity contribution in [3.8, 4) is 11.5 Å². The number of halogens is 1. The summed E-state index contributed by atoms with van der Waals surface area (Å²) in [6.07, 6.45) is 4.87. The van der Waals surface area contributed by atoms with E-state index in [-0.39, 0.29) is 30.3 Å². The van der Waals surface area contributed by atoms with Gasteiger partial charge in [-0.1, -0.05) is 43.2 Å². The van der Waals surface area contributed by atoms with Gasteiger partial charge in [0.2, 0.25) is 5.91 Å². The predicted octanol–water partition coefficient (Wildman–Crippen LogP) is 4.75. The molecule has 0 saturated heterocycles. The van der Waals surface area contributed by atoms with Crippen LogP contribution in [0.25, 0.3) is 0 Å². The summed E-state index contributed by atoms with van der Waals surface area (Å²) in [4.78, 5) is 12.4. The third-order valence-electron chi connectivity index (χ3n) is 4.55. The minimum absolute atomic E-state index is 0. The zero-order valence-electron chi connectivity index (χ0n) is 14.2. The van der Waals surface area contributed by atoms with Crippen molar-refractivity contribution < 1.29 is 9.53 Å². The van der Waals surface area contributed by atoms with Crippen LogP contribution >= 0.6 is 12.4 Å². The van der Waals surface area contributed by atoms with E-state index in [1.165, 1.54) is 12.8 Å². The van der Waals surface area contributed by atoms with E-state index in [1.807, 2.05) is 54.6 Å². The molecule has 0 heterocycles. The fraction of sp³-hybridized carbons (Fsp3) is 0.350. The zero-order chi connectivity index (χ0) is 16.8.